The number of esters is 1. The number of nitrogens with two attached hydrogens (primary N) is 1. The zero-order chi connectivity index (χ0) is 15.4. The van der Waals surface area contributed by atoms with E-state index in [4.69, 9.17) is 10.5 Å². The molecule has 0 amide bonds. The molecule has 0 aliphatic rings. The SMILES string of the molecule is Cc1cccnc1COC(=O)c1ccc(N(C)C)c(N)c1. The van der Waals surface area contributed by atoms with Gasteiger partial charge in [-0.3, -0.25) is 4.98 Å². The van der Waals surface area contributed by atoms with Gasteiger partial charge < -0.3 is 15.4 Å². The Morgan fingerprint density at radius 1 is 1.33 bits per heavy atom. The first kappa shape index (κ1) is 14.8. The average molecular weight is 285 g/mol. The molecule has 5 nitrogen and oxygen atoms in total. The number of aryl methyl sites for hydroxylation is 1. The summed E-state index contributed by atoms with van der Waals surface area (Å²) < 4.78 is 5.28. The molecule has 0 spiro atoms. The van der Waals surface area contributed by atoms with E-state index in [0.717, 1.165) is 16.9 Å². The highest BCUT2D eigenvalue weighted by molar-refractivity contribution is 5.92. The lowest BCUT2D eigenvalue weighted by molar-refractivity contribution is 0.0467. The van der Waals surface area contributed by atoms with Crippen LogP contribution in [0.15, 0.2) is 36.5 Å². The Morgan fingerprint density at radius 3 is 2.71 bits per heavy atom. The number of hydrogen-bond donors (Lipinski definition) is 1. The fourth-order valence-corrected chi connectivity index (χ4v) is 1.98. The highest BCUT2D eigenvalue weighted by Gasteiger charge is 2.11. The molecule has 2 N–H and O–H groups in total. The number of aromatic nitrogens is 1. The van der Waals surface area contributed by atoms with E-state index in [-0.39, 0.29) is 6.61 Å². The summed E-state index contributed by atoms with van der Waals surface area (Å²) in [5, 5.41) is 0. The number of benzene rings is 1. The lowest BCUT2D eigenvalue weighted by Gasteiger charge is -2.15. The number of anilines is 2. The Kier molecular flexibility index (Phi) is 4.42. The van der Waals surface area contributed by atoms with Crippen molar-refractivity contribution in [2.24, 2.45) is 0 Å². The van der Waals surface area contributed by atoms with Gasteiger partial charge in [0.05, 0.1) is 22.6 Å². The van der Waals surface area contributed by atoms with Gasteiger partial charge in [0.1, 0.15) is 6.61 Å². The molecule has 0 aliphatic carbocycles. The van der Waals surface area contributed by atoms with E-state index in [1.54, 1.807) is 24.4 Å². The number of hydrogen-bond acceptors (Lipinski definition) is 5. The molecule has 0 fully saturated rings. The fraction of sp³-hybridized carbons (Fsp3) is 0.250. The van der Waals surface area contributed by atoms with Crippen molar-refractivity contribution in [2.75, 3.05) is 24.7 Å². The third-order valence-electron chi connectivity index (χ3n) is 3.20. The molecule has 0 radical (unpaired) electrons. The van der Waals surface area contributed by atoms with Crippen LogP contribution in [0.1, 0.15) is 21.6 Å². The molecule has 1 aromatic heterocycles. The molecule has 1 aromatic carbocycles. The summed E-state index contributed by atoms with van der Waals surface area (Å²) in [6, 6.07) is 8.92. The van der Waals surface area contributed by atoms with E-state index in [9.17, 15) is 4.79 Å². The molecule has 0 saturated heterocycles. The van der Waals surface area contributed by atoms with Crippen LogP contribution in [0.4, 0.5) is 11.4 Å². The van der Waals surface area contributed by atoms with Crippen LogP contribution < -0.4 is 10.6 Å². The minimum Gasteiger partial charge on any atom is -0.456 e. The van der Waals surface area contributed by atoms with E-state index in [1.807, 2.05) is 38.1 Å². The van der Waals surface area contributed by atoms with E-state index >= 15 is 0 Å². The van der Waals surface area contributed by atoms with Crippen LogP contribution in [0.3, 0.4) is 0 Å². The third-order valence-corrected chi connectivity index (χ3v) is 3.20. The van der Waals surface area contributed by atoms with Crippen LogP contribution in [-0.2, 0) is 11.3 Å². The van der Waals surface area contributed by atoms with Gasteiger partial charge in [-0.1, -0.05) is 6.07 Å². The summed E-state index contributed by atoms with van der Waals surface area (Å²) in [7, 11) is 3.79. The minimum absolute atomic E-state index is 0.154. The normalized spacial score (nSPS) is 10.2. The van der Waals surface area contributed by atoms with E-state index in [0.29, 0.717) is 11.3 Å². The molecular weight excluding hydrogens is 266 g/mol. The fourth-order valence-electron chi connectivity index (χ4n) is 1.98. The predicted octanol–water partition coefficient (Wildman–Crippen LogP) is 2.40. The second-order valence-corrected chi connectivity index (χ2v) is 5.01. The number of ether oxygens (including phenoxy) is 1. The highest BCUT2D eigenvalue weighted by Crippen LogP contribution is 2.22. The number of rotatable bonds is 4. The molecule has 0 unspecified atom stereocenters. The highest BCUT2D eigenvalue weighted by atomic mass is 16.5. The first-order chi connectivity index (χ1) is 9.99. The molecular formula is C16H19N3O2. The van der Waals surface area contributed by atoms with Gasteiger partial charge in [0, 0.05) is 20.3 Å². The van der Waals surface area contributed by atoms with Gasteiger partial charge in [-0.2, -0.15) is 0 Å². The first-order valence-electron chi connectivity index (χ1n) is 6.63. The van der Waals surface area contributed by atoms with Gasteiger partial charge in [0.15, 0.2) is 0 Å². The average Bonchev–Trinajstić information content (AvgIpc) is 2.45. The quantitative estimate of drug-likeness (QED) is 0.690. The van der Waals surface area contributed by atoms with Crippen molar-refractivity contribution in [1.29, 1.82) is 0 Å². The summed E-state index contributed by atoms with van der Waals surface area (Å²) in [5.74, 6) is -0.406. The van der Waals surface area contributed by atoms with Crippen LogP contribution in [0.2, 0.25) is 0 Å². The molecule has 2 rings (SSSR count). The molecule has 0 bridgehead atoms. The standard InChI is InChI=1S/C16H19N3O2/c1-11-5-4-8-18-14(11)10-21-16(20)12-6-7-15(19(2)3)13(17)9-12/h4-9H,10,17H2,1-3H3. The topological polar surface area (TPSA) is 68.5 Å². The Hall–Kier alpha value is -2.56. The van der Waals surface area contributed by atoms with Crippen molar-refractivity contribution < 1.29 is 9.53 Å². The third kappa shape index (κ3) is 3.51. The second-order valence-electron chi connectivity index (χ2n) is 5.01. The number of carbonyl (C=O) groups excluding carboxylic acids is 1. The van der Waals surface area contributed by atoms with Crippen molar-refractivity contribution in [3.63, 3.8) is 0 Å². The Balaban J connectivity index is 2.07. The lowest BCUT2D eigenvalue weighted by atomic mass is 10.1. The first-order valence-corrected chi connectivity index (χ1v) is 6.63. The van der Waals surface area contributed by atoms with Crippen molar-refractivity contribution in [1.82, 2.24) is 4.98 Å². The molecule has 2 aromatic rings. The number of pyridine rings is 1. The minimum atomic E-state index is -0.406. The molecule has 110 valence electrons. The smallest absolute Gasteiger partial charge is 0.338 e. The van der Waals surface area contributed by atoms with Crippen LogP contribution in [-0.4, -0.2) is 25.0 Å². The molecule has 21 heavy (non-hydrogen) atoms. The summed E-state index contributed by atoms with van der Waals surface area (Å²) in [5.41, 5.74) is 9.53. The maximum absolute atomic E-state index is 12.0. The summed E-state index contributed by atoms with van der Waals surface area (Å²) >= 11 is 0. The number of nitrogens with zero attached hydrogens (tertiary/aromatic N) is 2. The van der Waals surface area contributed by atoms with Gasteiger partial charge >= 0.3 is 5.97 Å². The van der Waals surface area contributed by atoms with Crippen LogP contribution in [0.25, 0.3) is 0 Å². The molecule has 0 saturated carbocycles. The van der Waals surface area contributed by atoms with E-state index < -0.39 is 5.97 Å². The number of nitrogen functional groups attached to an aromatic ring is 1. The summed E-state index contributed by atoms with van der Waals surface area (Å²) in [4.78, 5) is 18.1. The van der Waals surface area contributed by atoms with Crippen LogP contribution in [0.5, 0.6) is 0 Å². The zero-order valence-electron chi connectivity index (χ0n) is 12.5. The Bertz CT molecular complexity index is 654. The number of carbonyl (C=O) groups is 1. The summed E-state index contributed by atoms with van der Waals surface area (Å²) in [6.07, 6.45) is 1.68. The maximum atomic E-state index is 12.0. The summed E-state index contributed by atoms with van der Waals surface area (Å²) in [6.45, 7) is 2.08. The van der Waals surface area contributed by atoms with E-state index in [2.05, 4.69) is 4.98 Å². The maximum Gasteiger partial charge on any atom is 0.338 e. The van der Waals surface area contributed by atoms with Crippen molar-refractivity contribution in [2.45, 2.75) is 13.5 Å². The molecule has 0 aliphatic heterocycles. The van der Waals surface area contributed by atoms with Crippen molar-refractivity contribution in [3.8, 4) is 0 Å². The molecule has 0 atom stereocenters. The molecule has 5 heteroatoms. The predicted molar refractivity (Wildman–Crippen MR) is 83.3 cm³/mol. The van der Waals surface area contributed by atoms with Crippen LogP contribution >= 0.6 is 0 Å². The van der Waals surface area contributed by atoms with E-state index in [1.165, 1.54) is 0 Å². The molecule has 1 heterocycles. The van der Waals surface area contributed by atoms with Gasteiger partial charge in [0.2, 0.25) is 0 Å². The Morgan fingerprint density at radius 2 is 2.10 bits per heavy atom. The van der Waals surface area contributed by atoms with Crippen LogP contribution in [0, 0.1) is 6.92 Å². The van der Waals surface area contributed by atoms with Crippen molar-refractivity contribution in [3.05, 3.63) is 53.3 Å². The van der Waals surface area contributed by atoms with Gasteiger partial charge in [-0.15, -0.1) is 0 Å². The van der Waals surface area contributed by atoms with Gasteiger partial charge in [0.25, 0.3) is 0 Å². The lowest BCUT2D eigenvalue weighted by Crippen LogP contribution is -2.12. The second kappa shape index (κ2) is 6.26. The van der Waals surface area contributed by atoms with Gasteiger partial charge in [-0.05, 0) is 36.8 Å². The monoisotopic (exact) mass is 285 g/mol. The largest absolute Gasteiger partial charge is 0.456 e. The van der Waals surface area contributed by atoms with Crippen molar-refractivity contribution >= 4 is 17.3 Å². The Labute approximate surface area is 124 Å². The van der Waals surface area contributed by atoms with Gasteiger partial charge in [-0.25, -0.2) is 4.79 Å². The zero-order valence-corrected chi connectivity index (χ0v) is 12.5.